The monoisotopic (exact) mass is 411 g/mol. The fourth-order valence-electron chi connectivity index (χ4n) is 1.86. The SMILES string of the molecule is N#CCCSc1nonc1-c1noc(=O)n1-c1ccc(F)c(Br)c1. The number of rotatable bonds is 5. The number of benzene rings is 1. The Bertz CT molecular complexity index is 977. The maximum atomic E-state index is 13.4. The number of nitriles is 1. The quantitative estimate of drug-likeness (QED) is 0.465. The summed E-state index contributed by atoms with van der Waals surface area (Å²) in [7, 11) is 0. The van der Waals surface area contributed by atoms with Crippen LogP contribution in [0.5, 0.6) is 0 Å². The van der Waals surface area contributed by atoms with Gasteiger partial charge in [-0.15, -0.1) is 0 Å². The maximum absolute atomic E-state index is 13.4. The Morgan fingerprint density at radius 3 is 2.96 bits per heavy atom. The lowest BCUT2D eigenvalue weighted by atomic mass is 10.3. The Kier molecular flexibility index (Phi) is 4.77. The van der Waals surface area contributed by atoms with E-state index in [0.29, 0.717) is 22.9 Å². The van der Waals surface area contributed by atoms with Gasteiger partial charge in [-0.1, -0.05) is 16.9 Å². The molecule has 0 N–H and O–H groups in total. The summed E-state index contributed by atoms with van der Waals surface area (Å²) < 4.78 is 24.1. The summed E-state index contributed by atoms with van der Waals surface area (Å²) >= 11 is 4.30. The van der Waals surface area contributed by atoms with Crippen molar-refractivity contribution in [2.24, 2.45) is 0 Å². The van der Waals surface area contributed by atoms with Crippen molar-refractivity contribution in [3.8, 4) is 23.3 Å². The highest BCUT2D eigenvalue weighted by Crippen LogP contribution is 2.29. The van der Waals surface area contributed by atoms with Gasteiger partial charge >= 0.3 is 5.76 Å². The van der Waals surface area contributed by atoms with Gasteiger partial charge in [-0.25, -0.2) is 18.4 Å². The van der Waals surface area contributed by atoms with E-state index >= 15 is 0 Å². The second-order valence-electron chi connectivity index (χ2n) is 4.38. The molecule has 3 aromatic rings. The van der Waals surface area contributed by atoms with E-state index in [1.54, 1.807) is 0 Å². The van der Waals surface area contributed by atoms with E-state index in [0.717, 1.165) is 4.57 Å². The Balaban J connectivity index is 2.05. The Morgan fingerprint density at radius 2 is 2.21 bits per heavy atom. The molecule has 11 heteroatoms. The van der Waals surface area contributed by atoms with Gasteiger partial charge in [-0.3, -0.25) is 4.52 Å². The number of aromatic nitrogens is 4. The molecular weight excluding hydrogens is 405 g/mol. The van der Waals surface area contributed by atoms with Crippen molar-refractivity contribution in [3.63, 3.8) is 0 Å². The van der Waals surface area contributed by atoms with Crippen LogP contribution in [-0.4, -0.2) is 25.8 Å². The van der Waals surface area contributed by atoms with Crippen LogP contribution in [0.4, 0.5) is 4.39 Å². The van der Waals surface area contributed by atoms with Gasteiger partial charge in [0.1, 0.15) is 5.82 Å². The molecule has 2 aromatic heterocycles. The molecule has 2 heterocycles. The van der Waals surface area contributed by atoms with E-state index in [2.05, 4.69) is 31.4 Å². The van der Waals surface area contributed by atoms with Gasteiger partial charge in [0.05, 0.1) is 16.2 Å². The molecule has 0 aliphatic carbocycles. The molecule has 24 heavy (non-hydrogen) atoms. The lowest BCUT2D eigenvalue weighted by molar-refractivity contribution is 0.299. The van der Waals surface area contributed by atoms with Crippen LogP contribution in [0.25, 0.3) is 17.2 Å². The van der Waals surface area contributed by atoms with Gasteiger partial charge in [-0.05, 0) is 44.4 Å². The highest BCUT2D eigenvalue weighted by atomic mass is 79.9. The Labute approximate surface area is 146 Å². The predicted octanol–water partition coefficient (Wildman–Crippen LogP) is 2.78. The number of hydrogen-bond acceptors (Lipinski definition) is 8. The summed E-state index contributed by atoms with van der Waals surface area (Å²) in [6.07, 6.45) is 0.313. The highest BCUT2D eigenvalue weighted by molar-refractivity contribution is 9.10. The summed E-state index contributed by atoms with van der Waals surface area (Å²) in [4.78, 5) is 12.0. The second-order valence-corrected chi connectivity index (χ2v) is 6.32. The fraction of sp³-hybridized carbons (Fsp3) is 0.154. The van der Waals surface area contributed by atoms with Crippen LogP contribution in [0.1, 0.15) is 6.42 Å². The minimum atomic E-state index is -0.764. The standard InChI is InChI=1S/C13H7BrFN5O3S/c14-8-6-7(2-3-9(8)15)20-11(18-22-13(20)21)10-12(19-23-17-10)24-5-1-4-16/h2-3,6H,1,5H2. The van der Waals surface area contributed by atoms with Crippen molar-refractivity contribution in [3.05, 3.63) is 39.0 Å². The molecule has 122 valence electrons. The predicted molar refractivity (Wildman–Crippen MR) is 84.0 cm³/mol. The molecule has 0 unspecified atom stereocenters. The molecule has 0 aliphatic heterocycles. The first-order chi connectivity index (χ1) is 11.6. The molecule has 0 aliphatic rings. The largest absolute Gasteiger partial charge is 0.446 e. The van der Waals surface area contributed by atoms with E-state index in [9.17, 15) is 9.18 Å². The van der Waals surface area contributed by atoms with E-state index in [-0.39, 0.29) is 16.0 Å². The average molecular weight is 412 g/mol. The van der Waals surface area contributed by atoms with Crippen molar-refractivity contribution < 1.29 is 13.5 Å². The van der Waals surface area contributed by atoms with Crippen LogP contribution in [0, 0.1) is 17.1 Å². The van der Waals surface area contributed by atoms with Gasteiger partial charge in [0, 0.05) is 12.2 Å². The van der Waals surface area contributed by atoms with Gasteiger partial charge in [0.2, 0.25) is 5.82 Å². The first kappa shape index (κ1) is 16.4. The average Bonchev–Trinajstić information content (AvgIpc) is 3.17. The Hall–Kier alpha value is -2.45. The smallest absolute Gasteiger partial charge is 0.295 e. The maximum Gasteiger partial charge on any atom is 0.446 e. The third-order valence-corrected chi connectivity index (χ3v) is 4.45. The molecule has 0 radical (unpaired) electrons. The molecule has 0 saturated carbocycles. The first-order valence-electron chi connectivity index (χ1n) is 6.48. The molecule has 0 spiro atoms. The summed E-state index contributed by atoms with van der Waals surface area (Å²) in [5.41, 5.74) is 0.532. The Morgan fingerprint density at radius 1 is 1.38 bits per heavy atom. The van der Waals surface area contributed by atoms with Crippen LogP contribution in [-0.2, 0) is 0 Å². The summed E-state index contributed by atoms with van der Waals surface area (Å²) in [6.45, 7) is 0. The second kappa shape index (κ2) is 6.98. The summed E-state index contributed by atoms with van der Waals surface area (Å²) in [5, 5.41) is 20.2. The third-order valence-electron chi connectivity index (χ3n) is 2.89. The van der Waals surface area contributed by atoms with Crippen LogP contribution in [0.3, 0.4) is 0 Å². The van der Waals surface area contributed by atoms with Crippen LogP contribution in [0.2, 0.25) is 0 Å². The molecular formula is C13H7BrFN5O3S. The van der Waals surface area contributed by atoms with E-state index in [4.69, 9.17) is 14.4 Å². The van der Waals surface area contributed by atoms with Crippen LogP contribution in [0.15, 0.2) is 41.6 Å². The lowest BCUT2D eigenvalue weighted by Crippen LogP contribution is -2.13. The number of hydrogen-bond donors (Lipinski definition) is 0. The minimum Gasteiger partial charge on any atom is -0.295 e. The molecule has 0 fully saturated rings. The van der Waals surface area contributed by atoms with Crippen molar-refractivity contribution in [1.29, 1.82) is 5.26 Å². The zero-order valence-electron chi connectivity index (χ0n) is 11.8. The summed E-state index contributed by atoms with van der Waals surface area (Å²) in [6, 6.07) is 6.02. The fourth-order valence-corrected chi connectivity index (χ4v) is 2.96. The molecule has 0 amide bonds. The van der Waals surface area contributed by atoms with Gasteiger partial charge < -0.3 is 0 Å². The number of thioether (sulfide) groups is 1. The number of nitrogens with zero attached hydrogens (tertiary/aromatic N) is 5. The van der Waals surface area contributed by atoms with Crippen LogP contribution < -0.4 is 5.76 Å². The topological polar surface area (TPSA) is 111 Å². The van der Waals surface area contributed by atoms with E-state index in [1.807, 2.05) is 6.07 Å². The summed E-state index contributed by atoms with van der Waals surface area (Å²) in [5.74, 6) is -0.693. The van der Waals surface area contributed by atoms with E-state index < -0.39 is 11.6 Å². The third kappa shape index (κ3) is 3.10. The molecule has 8 nitrogen and oxygen atoms in total. The van der Waals surface area contributed by atoms with E-state index in [1.165, 1.54) is 30.0 Å². The highest BCUT2D eigenvalue weighted by Gasteiger charge is 2.23. The molecule has 0 saturated heterocycles. The zero-order valence-corrected chi connectivity index (χ0v) is 14.2. The van der Waals surface area contributed by atoms with Crippen molar-refractivity contribution in [2.75, 3.05) is 5.75 Å². The van der Waals surface area contributed by atoms with Gasteiger partial charge in [-0.2, -0.15) is 5.26 Å². The van der Waals surface area contributed by atoms with Crippen molar-refractivity contribution >= 4 is 27.7 Å². The van der Waals surface area contributed by atoms with Crippen molar-refractivity contribution in [2.45, 2.75) is 11.4 Å². The van der Waals surface area contributed by atoms with Gasteiger partial charge in [0.25, 0.3) is 0 Å². The van der Waals surface area contributed by atoms with Crippen LogP contribution >= 0.6 is 27.7 Å². The first-order valence-corrected chi connectivity index (χ1v) is 8.26. The minimum absolute atomic E-state index is 0.0687. The molecule has 0 bridgehead atoms. The van der Waals surface area contributed by atoms with Crippen molar-refractivity contribution in [1.82, 2.24) is 20.0 Å². The lowest BCUT2D eigenvalue weighted by Gasteiger charge is -2.04. The molecule has 1 aromatic carbocycles. The number of halogens is 2. The molecule has 3 rings (SSSR count). The van der Waals surface area contributed by atoms with Gasteiger partial charge in [0.15, 0.2) is 10.7 Å². The zero-order chi connectivity index (χ0) is 17.1. The normalized spacial score (nSPS) is 10.7. The molecule has 0 atom stereocenters.